The van der Waals surface area contributed by atoms with Crippen molar-refractivity contribution in [3.63, 3.8) is 0 Å². The fraction of sp³-hybridized carbons (Fsp3) is 0.294. The second-order valence-corrected chi connectivity index (χ2v) is 6.19. The van der Waals surface area contributed by atoms with Gasteiger partial charge in [0, 0.05) is 22.9 Å². The summed E-state index contributed by atoms with van der Waals surface area (Å²) in [7, 11) is 0. The Balaban J connectivity index is 1.96. The van der Waals surface area contributed by atoms with E-state index in [1.165, 1.54) is 5.56 Å². The minimum atomic E-state index is -0.156. The van der Waals surface area contributed by atoms with Gasteiger partial charge in [0.1, 0.15) is 11.4 Å². The molecule has 2 aromatic rings. The molecule has 0 unspecified atom stereocenters. The second-order valence-electron chi connectivity index (χ2n) is 5.63. The first-order valence-corrected chi connectivity index (χ1v) is 7.84. The lowest BCUT2D eigenvalue weighted by Gasteiger charge is -2.18. The zero-order valence-electron chi connectivity index (χ0n) is 11.7. The molecule has 0 aromatic heterocycles. The smallest absolute Gasteiger partial charge is 0.169 e. The lowest BCUT2D eigenvalue weighted by molar-refractivity contribution is 0.135. The Hall–Kier alpha value is -1.48. The van der Waals surface area contributed by atoms with Gasteiger partial charge in [0.25, 0.3) is 0 Å². The van der Waals surface area contributed by atoms with Crippen molar-refractivity contribution in [1.29, 1.82) is 0 Å². The van der Waals surface area contributed by atoms with Crippen LogP contribution in [0.15, 0.2) is 42.5 Å². The third-order valence-corrected chi connectivity index (χ3v) is 4.00. The highest BCUT2D eigenvalue weighted by Gasteiger charge is 2.32. The van der Waals surface area contributed by atoms with E-state index >= 15 is 0 Å². The van der Waals surface area contributed by atoms with E-state index in [1.54, 1.807) is 0 Å². The van der Waals surface area contributed by atoms with Crippen molar-refractivity contribution in [2.45, 2.75) is 31.2 Å². The summed E-state index contributed by atoms with van der Waals surface area (Å²) in [6.45, 7) is 4.20. The molecule has 0 radical (unpaired) electrons. The average Bonchev–Trinajstić information content (AvgIpc) is 2.74. The monoisotopic (exact) mass is 332 g/mol. The molecule has 2 nitrogen and oxygen atoms in total. The Morgan fingerprint density at radius 2 is 1.85 bits per heavy atom. The largest absolute Gasteiger partial charge is 0.483 e. The van der Waals surface area contributed by atoms with Gasteiger partial charge in [0.05, 0.1) is 0 Å². The van der Waals surface area contributed by atoms with Crippen molar-refractivity contribution in [3.05, 3.63) is 53.6 Å². The zero-order chi connectivity index (χ0) is 14.2. The summed E-state index contributed by atoms with van der Waals surface area (Å²) in [6.07, 6.45) is 0.916. The Morgan fingerprint density at radius 1 is 1.10 bits per heavy atom. The molecular formula is C17H17BrO2. The third kappa shape index (κ3) is 2.55. The number of hydrogen-bond donors (Lipinski definition) is 0. The second kappa shape index (κ2) is 5.13. The van der Waals surface area contributed by atoms with E-state index in [0.717, 1.165) is 34.6 Å². The fourth-order valence-corrected chi connectivity index (χ4v) is 2.96. The van der Waals surface area contributed by atoms with Gasteiger partial charge in [-0.2, -0.15) is 0 Å². The maximum absolute atomic E-state index is 6.08. The van der Waals surface area contributed by atoms with Crippen LogP contribution >= 0.6 is 15.9 Å². The van der Waals surface area contributed by atoms with Crippen molar-refractivity contribution in [2.24, 2.45) is 0 Å². The van der Waals surface area contributed by atoms with Crippen LogP contribution in [-0.4, -0.2) is 5.60 Å². The molecule has 1 aliphatic heterocycles. The Morgan fingerprint density at radius 3 is 2.65 bits per heavy atom. The van der Waals surface area contributed by atoms with Crippen LogP contribution in [-0.2, 0) is 11.8 Å². The van der Waals surface area contributed by atoms with Crippen LogP contribution in [0, 0.1) is 0 Å². The van der Waals surface area contributed by atoms with Gasteiger partial charge >= 0.3 is 0 Å². The van der Waals surface area contributed by atoms with Crippen molar-refractivity contribution in [2.75, 3.05) is 0 Å². The van der Waals surface area contributed by atoms with Gasteiger partial charge < -0.3 is 9.47 Å². The van der Waals surface area contributed by atoms with Gasteiger partial charge in [-0.3, -0.25) is 0 Å². The molecule has 20 heavy (non-hydrogen) atoms. The zero-order valence-corrected chi connectivity index (χ0v) is 13.2. The van der Waals surface area contributed by atoms with Crippen LogP contribution in [0.3, 0.4) is 0 Å². The summed E-state index contributed by atoms with van der Waals surface area (Å²) < 4.78 is 12.1. The molecule has 0 aliphatic carbocycles. The minimum absolute atomic E-state index is 0.156. The fourth-order valence-electron chi connectivity index (χ4n) is 2.50. The number of benzene rings is 2. The van der Waals surface area contributed by atoms with Crippen molar-refractivity contribution >= 4 is 15.9 Å². The molecule has 1 heterocycles. The van der Waals surface area contributed by atoms with Crippen LogP contribution in [0.4, 0.5) is 0 Å². The number of para-hydroxylation sites is 2. The molecule has 1 aliphatic rings. The lowest BCUT2D eigenvalue weighted by Crippen LogP contribution is -2.24. The van der Waals surface area contributed by atoms with Crippen LogP contribution in [0.1, 0.15) is 25.0 Å². The van der Waals surface area contributed by atoms with Crippen LogP contribution < -0.4 is 9.47 Å². The molecule has 2 aromatic carbocycles. The maximum Gasteiger partial charge on any atom is 0.169 e. The molecule has 0 saturated heterocycles. The van der Waals surface area contributed by atoms with Gasteiger partial charge in [-0.05, 0) is 26.0 Å². The quantitative estimate of drug-likeness (QED) is 0.729. The Labute approximate surface area is 127 Å². The van der Waals surface area contributed by atoms with Gasteiger partial charge in [-0.25, -0.2) is 0 Å². The number of alkyl halides is 1. The molecule has 0 saturated carbocycles. The van der Waals surface area contributed by atoms with E-state index in [4.69, 9.17) is 9.47 Å². The SMILES string of the molecule is CC1(C)Cc2cccc(Oc3ccccc3CBr)c2O1. The number of fused-ring (bicyclic) bond motifs is 1. The predicted octanol–water partition coefficient (Wildman–Crippen LogP) is 5.09. The lowest BCUT2D eigenvalue weighted by atomic mass is 10.0. The molecule has 0 spiro atoms. The molecule has 0 atom stereocenters. The Kier molecular flexibility index (Phi) is 3.47. The van der Waals surface area contributed by atoms with E-state index in [1.807, 2.05) is 30.3 Å². The highest BCUT2D eigenvalue weighted by Crippen LogP contribution is 2.43. The molecular weight excluding hydrogens is 316 g/mol. The van der Waals surface area contributed by atoms with Crippen molar-refractivity contribution < 1.29 is 9.47 Å². The molecule has 3 heteroatoms. The van der Waals surface area contributed by atoms with E-state index in [9.17, 15) is 0 Å². The summed E-state index contributed by atoms with van der Waals surface area (Å²) in [6, 6.07) is 14.1. The summed E-state index contributed by atoms with van der Waals surface area (Å²) in [5.41, 5.74) is 2.18. The van der Waals surface area contributed by atoms with Gasteiger partial charge in [-0.1, -0.05) is 46.3 Å². The summed E-state index contributed by atoms with van der Waals surface area (Å²) >= 11 is 3.49. The first-order chi connectivity index (χ1) is 9.59. The molecule has 0 N–H and O–H groups in total. The molecule has 0 bridgehead atoms. The van der Waals surface area contributed by atoms with Crippen LogP contribution in [0.25, 0.3) is 0 Å². The summed E-state index contributed by atoms with van der Waals surface area (Å²) in [4.78, 5) is 0. The third-order valence-electron chi connectivity index (χ3n) is 3.39. The normalized spacial score (nSPS) is 15.6. The maximum atomic E-state index is 6.08. The predicted molar refractivity (Wildman–Crippen MR) is 84.0 cm³/mol. The molecule has 0 amide bonds. The Bertz CT molecular complexity index is 635. The highest BCUT2D eigenvalue weighted by atomic mass is 79.9. The minimum Gasteiger partial charge on any atom is -0.483 e. The first-order valence-electron chi connectivity index (χ1n) is 6.72. The average molecular weight is 333 g/mol. The number of rotatable bonds is 3. The standard InChI is InChI=1S/C17H17BrO2/c1-17(2)10-12-7-5-9-15(16(12)20-17)19-14-8-4-3-6-13(14)11-18/h3-9H,10-11H2,1-2H3. The van der Waals surface area contributed by atoms with Gasteiger partial charge in [-0.15, -0.1) is 0 Å². The van der Waals surface area contributed by atoms with Crippen LogP contribution in [0.2, 0.25) is 0 Å². The molecule has 3 rings (SSSR count). The summed E-state index contributed by atoms with van der Waals surface area (Å²) in [5.74, 6) is 2.54. The summed E-state index contributed by atoms with van der Waals surface area (Å²) in [5, 5.41) is 0.768. The van der Waals surface area contributed by atoms with Gasteiger partial charge in [0.15, 0.2) is 11.5 Å². The number of halogens is 1. The number of hydrogen-bond acceptors (Lipinski definition) is 2. The van der Waals surface area contributed by atoms with E-state index in [0.29, 0.717) is 0 Å². The van der Waals surface area contributed by atoms with Gasteiger partial charge in [0.2, 0.25) is 0 Å². The topological polar surface area (TPSA) is 18.5 Å². The van der Waals surface area contributed by atoms with Crippen LogP contribution in [0.5, 0.6) is 17.2 Å². The van der Waals surface area contributed by atoms with Crippen molar-refractivity contribution in [1.82, 2.24) is 0 Å². The molecule has 0 fully saturated rings. The highest BCUT2D eigenvalue weighted by molar-refractivity contribution is 9.08. The van der Waals surface area contributed by atoms with E-state index in [2.05, 4.69) is 41.9 Å². The molecule has 104 valence electrons. The van der Waals surface area contributed by atoms with E-state index in [-0.39, 0.29) is 5.60 Å². The van der Waals surface area contributed by atoms with Crippen molar-refractivity contribution in [3.8, 4) is 17.2 Å². The first kappa shape index (κ1) is 13.5. The van der Waals surface area contributed by atoms with E-state index < -0.39 is 0 Å². The number of ether oxygens (including phenoxy) is 2.